The molecule has 3 aromatic rings. The normalized spacial score (nSPS) is 16.0. The second-order valence-corrected chi connectivity index (χ2v) is 11.6. The van der Waals surface area contributed by atoms with Gasteiger partial charge in [0.2, 0.25) is 0 Å². The van der Waals surface area contributed by atoms with Crippen LogP contribution in [0.3, 0.4) is 0 Å². The van der Waals surface area contributed by atoms with Crippen LogP contribution in [0.1, 0.15) is 48.8 Å². The molecule has 0 radical (unpaired) electrons. The van der Waals surface area contributed by atoms with Crippen molar-refractivity contribution in [3.8, 4) is 0 Å². The number of hydrogen-bond acceptors (Lipinski definition) is 5. The van der Waals surface area contributed by atoms with Crippen LogP contribution in [0.25, 0.3) is 0 Å². The summed E-state index contributed by atoms with van der Waals surface area (Å²) < 4.78 is 32.6. The summed E-state index contributed by atoms with van der Waals surface area (Å²) in [5.41, 5.74) is 2.81. The Labute approximate surface area is 207 Å². The molecule has 1 aliphatic heterocycles. The van der Waals surface area contributed by atoms with Crippen LogP contribution in [0.15, 0.2) is 84.9 Å². The highest BCUT2D eigenvalue weighted by molar-refractivity contribution is 7.54. The minimum absolute atomic E-state index is 0.0910. The van der Waals surface area contributed by atoms with Gasteiger partial charge in [0.1, 0.15) is 5.60 Å². The molecule has 0 aromatic heterocycles. The van der Waals surface area contributed by atoms with Gasteiger partial charge in [0.15, 0.2) is 5.78 Å². The fourth-order valence-electron chi connectivity index (χ4n) is 4.05. The second-order valence-electron chi connectivity index (χ2n) is 9.55. The number of amides is 1. The lowest BCUT2D eigenvalue weighted by Crippen LogP contribution is -2.43. The molecule has 4 rings (SSSR count). The predicted molar refractivity (Wildman–Crippen MR) is 136 cm³/mol. The van der Waals surface area contributed by atoms with Gasteiger partial charge < -0.3 is 13.8 Å². The summed E-state index contributed by atoms with van der Waals surface area (Å²) in [4.78, 5) is 14.8. The molecule has 184 valence electrons. The first kappa shape index (κ1) is 25.2. The summed E-state index contributed by atoms with van der Waals surface area (Å²) in [7, 11) is -3.91. The molecular formula is C28H32NO5P. The lowest BCUT2D eigenvalue weighted by atomic mass is 10.00. The number of nitrogens with zero attached hydrogens (tertiary/aromatic N) is 1. The topological polar surface area (TPSA) is 65.1 Å². The van der Waals surface area contributed by atoms with Crippen molar-refractivity contribution in [3.05, 3.63) is 107 Å². The SMILES string of the molecule is CC(C)(C)OC(=O)N1CCc2ccccc2C1P(=O)(OCc1ccccc1)OCc1ccccc1. The van der Waals surface area contributed by atoms with Crippen molar-refractivity contribution in [2.75, 3.05) is 6.54 Å². The average Bonchev–Trinajstić information content (AvgIpc) is 2.86. The minimum atomic E-state index is -3.91. The quantitative estimate of drug-likeness (QED) is 0.328. The van der Waals surface area contributed by atoms with Gasteiger partial charge in [0.25, 0.3) is 0 Å². The van der Waals surface area contributed by atoms with Crippen molar-refractivity contribution in [2.24, 2.45) is 0 Å². The van der Waals surface area contributed by atoms with E-state index in [0.717, 1.165) is 22.3 Å². The van der Waals surface area contributed by atoms with Gasteiger partial charge in [-0.1, -0.05) is 84.9 Å². The molecule has 0 spiro atoms. The number of benzene rings is 3. The molecule has 3 aromatic carbocycles. The Balaban J connectivity index is 1.72. The number of carbonyl (C=O) groups is 1. The van der Waals surface area contributed by atoms with Crippen LogP contribution in [0.2, 0.25) is 0 Å². The molecule has 35 heavy (non-hydrogen) atoms. The molecule has 1 unspecified atom stereocenters. The maximum absolute atomic E-state index is 14.7. The van der Waals surface area contributed by atoms with Crippen LogP contribution in [0.4, 0.5) is 4.79 Å². The van der Waals surface area contributed by atoms with Crippen LogP contribution in [-0.2, 0) is 38.0 Å². The number of fused-ring (bicyclic) bond motifs is 1. The molecule has 0 aliphatic carbocycles. The standard InChI is InChI=1S/C28H32NO5P/c1-28(2,3)34-27(30)29-19-18-24-16-10-11-17-25(24)26(29)35(31,32-20-22-12-6-4-7-13-22)33-21-23-14-8-5-9-15-23/h4-17,26H,18-21H2,1-3H3. The van der Waals surface area contributed by atoms with Crippen LogP contribution in [-0.4, -0.2) is 23.1 Å². The summed E-state index contributed by atoms with van der Waals surface area (Å²) in [6.07, 6.45) is 0.0902. The molecule has 1 atom stereocenters. The van der Waals surface area contributed by atoms with Gasteiger partial charge in [-0.2, -0.15) is 0 Å². The van der Waals surface area contributed by atoms with E-state index in [4.69, 9.17) is 13.8 Å². The van der Waals surface area contributed by atoms with Gasteiger partial charge in [0, 0.05) is 6.54 Å². The molecule has 1 heterocycles. The highest BCUT2D eigenvalue weighted by atomic mass is 31.2. The van der Waals surface area contributed by atoms with E-state index < -0.39 is 25.1 Å². The molecule has 7 heteroatoms. The summed E-state index contributed by atoms with van der Waals surface area (Å²) >= 11 is 0. The van der Waals surface area contributed by atoms with Gasteiger partial charge >= 0.3 is 13.7 Å². The van der Waals surface area contributed by atoms with E-state index in [1.54, 1.807) is 0 Å². The average molecular weight is 494 g/mol. The van der Waals surface area contributed by atoms with Gasteiger partial charge in [0.05, 0.1) is 13.2 Å². The highest BCUT2D eigenvalue weighted by Crippen LogP contribution is 2.64. The predicted octanol–water partition coefficient (Wildman–Crippen LogP) is 7.11. The van der Waals surface area contributed by atoms with E-state index in [1.807, 2.05) is 106 Å². The third kappa shape index (κ3) is 6.40. The van der Waals surface area contributed by atoms with Crippen molar-refractivity contribution in [3.63, 3.8) is 0 Å². The van der Waals surface area contributed by atoms with Crippen molar-refractivity contribution in [2.45, 2.75) is 51.8 Å². The molecule has 0 saturated heterocycles. The van der Waals surface area contributed by atoms with Crippen molar-refractivity contribution >= 4 is 13.7 Å². The number of hydrogen-bond donors (Lipinski definition) is 0. The Hall–Kier alpha value is -2.92. The molecule has 6 nitrogen and oxygen atoms in total. The first-order valence-corrected chi connectivity index (χ1v) is 13.4. The number of carbonyl (C=O) groups excluding carboxylic acids is 1. The van der Waals surface area contributed by atoms with E-state index in [9.17, 15) is 9.36 Å². The first-order valence-electron chi connectivity index (χ1n) is 11.8. The van der Waals surface area contributed by atoms with Crippen molar-refractivity contribution in [1.82, 2.24) is 4.90 Å². The summed E-state index contributed by atoms with van der Waals surface area (Å²) in [6, 6.07) is 26.8. The fourth-order valence-corrected chi connectivity index (χ4v) is 6.21. The Morgan fingerprint density at radius 3 is 1.91 bits per heavy atom. The number of rotatable bonds is 7. The fraction of sp³-hybridized carbons (Fsp3) is 0.321. The summed E-state index contributed by atoms with van der Waals surface area (Å²) in [5.74, 6) is -0.922. The van der Waals surface area contributed by atoms with Crippen molar-refractivity contribution < 1.29 is 23.1 Å². The first-order chi connectivity index (χ1) is 16.8. The van der Waals surface area contributed by atoms with E-state index >= 15 is 0 Å². The van der Waals surface area contributed by atoms with Crippen molar-refractivity contribution in [1.29, 1.82) is 0 Å². The Morgan fingerprint density at radius 2 is 1.37 bits per heavy atom. The summed E-state index contributed by atoms with van der Waals surface area (Å²) in [6.45, 7) is 5.98. The smallest absolute Gasteiger partial charge is 0.411 e. The van der Waals surface area contributed by atoms with E-state index in [2.05, 4.69) is 0 Å². The van der Waals surface area contributed by atoms with E-state index in [-0.39, 0.29) is 13.2 Å². The Bertz CT molecular complexity index is 1130. The molecule has 1 amide bonds. The minimum Gasteiger partial charge on any atom is -0.444 e. The highest BCUT2D eigenvalue weighted by Gasteiger charge is 2.47. The third-order valence-electron chi connectivity index (χ3n) is 5.69. The molecule has 0 N–H and O–H groups in total. The molecule has 1 aliphatic rings. The number of ether oxygens (including phenoxy) is 1. The van der Waals surface area contributed by atoms with E-state index in [1.165, 1.54) is 4.90 Å². The second kappa shape index (κ2) is 10.8. The third-order valence-corrected chi connectivity index (χ3v) is 7.82. The van der Waals surface area contributed by atoms with Gasteiger partial charge in [-0.15, -0.1) is 0 Å². The van der Waals surface area contributed by atoms with Gasteiger partial charge in [-0.25, -0.2) is 4.79 Å². The molecular weight excluding hydrogens is 461 g/mol. The largest absolute Gasteiger partial charge is 0.444 e. The maximum atomic E-state index is 14.7. The monoisotopic (exact) mass is 493 g/mol. The van der Waals surface area contributed by atoms with Crippen LogP contribution in [0.5, 0.6) is 0 Å². The molecule has 0 fully saturated rings. The van der Waals surface area contributed by atoms with Crippen LogP contribution in [0, 0.1) is 0 Å². The van der Waals surface area contributed by atoms with Crippen LogP contribution >= 0.6 is 7.60 Å². The zero-order valence-corrected chi connectivity index (χ0v) is 21.3. The molecule has 0 saturated carbocycles. The maximum Gasteiger partial charge on any atom is 0.411 e. The van der Waals surface area contributed by atoms with Gasteiger partial charge in [-0.3, -0.25) is 9.46 Å². The lowest BCUT2D eigenvalue weighted by molar-refractivity contribution is 0.0169. The van der Waals surface area contributed by atoms with Gasteiger partial charge in [-0.05, 0) is 49.4 Å². The zero-order valence-electron chi connectivity index (χ0n) is 20.4. The van der Waals surface area contributed by atoms with E-state index in [0.29, 0.717) is 13.0 Å². The van der Waals surface area contributed by atoms with Crippen LogP contribution < -0.4 is 0 Å². The molecule has 0 bridgehead atoms. The zero-order chi connectivity index (χ0) is 24.9. The Morgan fingerprint density at radius 1 is 0.857 bits per heavy atom. The Kier molecular flexibility index (Phi) is 7.75. The summed E-state index contributed by atoms with van der Waals surface area (Å²) in [5, 5.41) is 0. The lowest BCUT2D eigenvalue weighted by Gasteiger charge is -2.40.